The van der Waals surface area contributed by atoms with E-state index >= 15 is 0 Å². The molecule has 0 aromatic heterocycles. The van der Waals surface area contributed by atoms with E-state index in [-0.39, 0.29) is 16.3 Å². The quantitative estimate of drug-likeness (QED) is 0.675. The van der Waals surface area contributed by atoms with E-state index in [1.165, 1.54) is 0 Å². The predicted octanol–water partition coefficient (Wildman–Crippen LogP) is 4.89. The number of anilines is 1. The standard InChI is InChI=1S/C11H12Cl2F3N/c1-10(2,3)8-7(11(14,15)16)5(12)4-6(17)9(8)13/h4H,17H2,1-3H3. The first-order valence-corrected chi connectivity index (χ1v) is 5.57. The van der Waals surface area contributed by atoms with Crippen LogP contribution < -0.4 is 5.73 Å². The molecule has 1 aromatic rings. The molecular formula is C11H12Cl2F3N. The monoisotopic (exact) mass is 285 g/mol. The minimum atomic E-state index is -4.56. The van der Waals surface area contributed by atoms with Gasteiger partial charge in [0.25, 0.3) is 0 Å². The SMILES string of the molecule is CC(C)(C)c1c(Cl)c(N)cc(Cl)c1C(F)(F)F. The molecule has 0 aliphatic carbocycles. The molecule has 0 unspecified atom stereocenters. The number of halogens is 5. The molecule has 0 aliphatic rings. The molecule has 96 valence electrons. The Kier molecular flexibility index (Phi) is 3.61. The van der Waals surface area contributed by atoms with Crippen LogP contribution >= 0.6 is 23.2 Å². The van der Waals surface area contributed by atoms with E-state index in [2.05, 4.69) is 0 Å². The third kappa shape index (κ3) is 2.80. The first kappa shape index (κ1) is 14.5. The molecule has 17 heavy (non-hydrogen) atoms. The molecule has 0 fully saturated rings. The first-order chi connectivity index (χ1) is 7.46. The molecule has 0 saturated heterocycles. The lowest BCUT2D eigenvalue weighted by Crippen LogP contribution is -2.21. The van der Waals surface area contributed by atoms with Crippen LogP contribution in [0.25, 0.3) is 0 Å². The number of alkyl halides is 3. The van der Waals surface area contributed by atoms with Gasteiger partial charge < -0.3 is 5.73 Å². The summed E-state index contributed by atoms with van der Waals surface area (Å²) < 4.78 is 38.9. The zero-order chi connectivity index (χ0) is 13.6. The van der Waals surface area contributed by atoms with Crippen molar-refractivity contribution in [1.82, 2.24) is 0 Å². The number of rotatable bonds is 0. The molecule has 1 rings (SSSR count). The van der Waals surface area contributed by atoms with Gasteiger partial charge in [0.1, 0.15) is 0 Å². The number of benzene rings is 1. The fourth-order valence-corrected chi connectivity index (χ4v) is 2.38. The lowest BCUT2D eigenvalue weighted by atomic mass is 9.83. The fourth-order valence-electron chi connectivity index (χ4n) is 1.63. The van der Waals surface area contributed by atoms with Gasteiger partial charge in [-0.25, -0.2) is 0 Å². The molecule has 0 atom stereocenters. The number of nitrogen functional groups attached to an aromatic ring is 1. The molecule has 6 heteroatoms. The van der Waals surface area contributed by atoms with E-state index in [0.29, 0.717) is 0 Å². The molecule has 1 nitrogen and oxygen atoms in total. The van der Waals surface area contributed by atoms with Crippen molar-refractivity contribution in [2.24, 2.45) is 0 Å². The highest BCUT2D eigenvalue weighted by Gasteiger charge is 2.40. The van der Waals surface area contributed by atoms with Crippen LogP contribution in [0.1, 0.15) is 31.9 Å². The van der Waals surface area contributed by atoms with Crippen LogP contribution in [0.3, 0.4) is 0 Å². The Labute approximate surface area is 108 Å². The molecule has 0 aliphatic heterocycles. The van der Waals surface area contributed by atoms with Crippen molar-refractivity contribution in [1.29, 1.82) is 0 Å². The van der Waals surface area contributed by atoms with Gasteiger partial charge in [-0.05, 0) is 17.0 Å². The molecule has 0 heterocycles. The van der Waals surface area contributed by atoms with Gasteiger partial charge in [0, 0.05) is 0 Å². The number of nitrogens with two attached hydrogens (primary N) is 1. The van der Waals surface area contributed by atoms with Crippen LogP contribution in [0.2, 0.25) is 10.0 Å². The van der Waals surface area contributed by atoms with Crippen molar-refractivity contribution in [3.63, 3.8) is 0 Å². The summed E-state index contributed by atoms with van der Waals surface area (Å²) >= 11 is 11.5. The third-order valence-corrected chi connectivity index (χ3v) is 2.98. The summed E-state index contributed by atoms with van der Waals surface area (Å²) in [6.45, 7) is 4.87. The fraction of sp³-hybridized carbons (Fsp3) is 0.455. The zero-order valence-electron chi connectivity index (χ0n) is 9.54. The zero-order valence-corrected chi connectivity index (χ0v) is 11.1. The molecule has 2 N–H and O–H groups in total. The van der Waals surface area contributed by atoms with Gasteiger partial charge in [0.2, 0.25) is 0 Å². The van der Waals surface area contributed by atoms with E-state index in [1.54, 1.807) is 20.8 Å². The second-order valence-electron chi connectivity index (χ2n) is 4.76. The summed E-state index contributed by atoms with van der Waals surface area (Å²) in [6.07, 6.45) is -4.56. The average Bonchev–Trinajstić information content (AvgIpc) is 2.06. The lowest BCUT2D eigenvalue weighted by molar-refractivity contribution is -0.138. The molecule has 0 amide bonds. The van der Waals surface area contributed by atoms with Crippen LogP contribution in [0.4, 0.5) is 18.9 Å². The Hall–Kier alpha value is -0.610. The summed E-state index contributed by atoms with van der Waals surface area (Å²) in [5, 5.41) is -0.515. The summed E-state index contributed by atoms with van der Waals surface area (Å²) in [5.74, 6) is 0. The van der Waals surface area contributed by atoms with E-state index in [9.17, 15) is 13.2 Å². The van der Waals surface area contributed by atoms with Crippen LogP contribution in [0.15, 0.2) is 6.07 Å². The van der Waals surface area contributed by atoms with Crippen LogP contribution in [0.5, 0.6) is 0 Å². The summed E-state index contributed by atoms with van der Waals surface area (Å²) in [6, 6.07) is 1.03. The van der Waals surface area contributed by atoms with Crippen molar-refractivity contribution in [3.05, 3.63) is 27.2 Å². The van der Waals surface area contributed by atoms with Crippen molar-refractivity contribution in [2.75, 3.05) is 5.73 Å². The van der Waals surface area contributed by atoms with Crippen LogP contribution in [0, 0.1) is 0 Å². The summed E-state index contributed by atoms with van der Waals surface area (Å²) in [4.78, 5) is 0. The van der Waals surface area contributed by atoms with Gasteiger partial charge in [-0.3, -0.25) is 0 Å². The van der Waals surface area contributed by atoms with Crippen molar-refractivity contribution in [2.45, 2.75) is 32.4 Å². The Morgan fingerprint density at radius 1 is 1.06 bits per heavy atom. The Morgan fingerprint density at radius 2 is 1.53 bits per heavy atom. The van der Waals surface area contributed by atoms with Gasteiger partial charge in [0.05, 0.1) is 21.3 Å². The predicted molar refractivity (Wildman–Crippen MR) is 64.6 cm³/mol. The molecule has 0 spiro atoms. The Balaban J connectivity index is 3.76. The van der Waals surface area contributed by atoms with Crippen LogP contribution in [-0.2, 0) is 11.6 Å². The van der Waals surface area contributed by atoms with Gasteiger partial charge in [0.15, 0.2) is 0 Å². The molecular weight excluding hydrogens is 274 g/mol. The van der Waals surface area contributed by atoms with E-state index in [4.69, 9.17) is 28.9 Å². The molecule has 0 radical (unpaired) electrons. The summed E-state index contributed by atoms with van der Waals surface area (Å²) in [5.41, 5.74) is 3.81. The Bertz CT molecular complexity index is 448. The maximum absolute atomic E-state index is 13.0. The van der Waals surface area contributed by atoms with Crippen LogP contribution in [-0.4, -0.2) is 0 Å². The number of hydrogen-bond acceptors (Lipinski definition) is 1. The maximum Gasteiger partial charge on any atom is 0.418 e. The van der Waals surface area contributed by atoms with Crippen molar-refractivity contribution in [3.8, 4) is 0 Å². The van der Waals surface area contributed by atoms with E-state index in [1.807, 2.05) is 0 Å². The van der Waals surface area contributed by atoms with Crippen molar-refractivity contribution >= 4 is 28.9 Å². The second kappa shape index (κ2) is 4.25. The largest absolute Gasteiger partial charge is 0.418 e. The lowest BCUT2D eigenvalue weighted by Gasteiger charge is -2.27. The van der Waals surface area contributed by atoms with E-state index in [0.717, 1.165) is 6.07 Å². The first-order valence-electron chi connectivity index (χ1n) is 4.81. The molecule has 1 aromatic carbocycles. The number of hydrogen-bond donors (Lipinski definition) is 1. The minimum Gasteiger partial charge on any atom is -0.397 e. The topological polar surface area (TPSA) is 26.0 Å². The average molecular weight is 286 g/mol. The third-order valence-electron chi connectivity index (χ3n) is 2.28. The minimum absolute atomic E-state index is 0.0505. The normalized spacial score (nSPS) is 12.9. The Morgan fingerprint density at radius 3 is 1.88 bits per heavy atom. The second-order valence-corrected chi connectivity index (χ2v) is 5.54. The van der Waals surface area contributed by atoms with Gasteiger partial charge in [-0.2, -0.15) is 13.2 Å². The van der Waals surface area contributed by atoms with Crippen molar-refractivity contribution < 1.29 is 13.2 Å². The highest BCUT2D eigenvalue weighted by atomic mass is 35.5. The highest BCUT2D eigenvalue weighted by Crippen LogP contribution is 2.46. The van der Waals surface area contributed by atoms with Gasteiger partial charge >= 0.3 is 6.18 Å². The molecule has 0 saturated carbocycles. The summed E-state index contributed by atoms with van der Waals surface area (Å²) in [7, 11) is 0. The maximum atomic E-state index is 13.0. The molecule has 0 bridgehead atoms. The van der Waals surface area contributed by atoms with Gasteiger partial charge in [-0.15, -0.1) is 0 Å². The highest BCUT2D eigenvalue weighted by molar-refractivity contribution is 6.36. The van der Waals surface area contributed by atoms with Gasteiger partial charge in [-0.1, -0.05) is 44.0 Å². The van der Waals surface area contributed by atoms with E-state index < -0.39 is 22.2 Å². The smallest absolute Gasteiger partial charge is 0.397 e.